The van der Waals surface area contributed by atoms with Crippen molar-refractivity contribution in [1.82, 2.24) is 4.90 Å². The molecule has 2 aliphatic rings. The van der Waals surface area contributed by atoms with Gasteiger partial charge in [-0.1, -0.05) is 12.8 Å². The number of carbonyl (C=O) groups excluding carboxylic acids is 1. The summed E-state index contributed by atoms with van der Waals surface area (Å²) in [6, 6.07) is -0.562. The van der Waals surface area contributed by atoms with Gasteiger partial charge < -0.3 is 14.7 Å². The fourth-order valence-electron chi connectivity index (χ4n) is 3.31. The average Bonchev–Trinajstić information content (AvgIpc) is 2.76. The number of carboxylic acids is 1. The highest BCUT2D eigenvalue weighted by molar-refractivity contribution is 5.87. The Morgan fingerprint density at radius 1 is 1.33 bits per heavy atom. The molecule has 1 amide bonds. The number of carboxylic acid groups (broad SMARTS) is 1. The third-order valence-corrected chi connectivity index (χ3v) is 4.33. The molecule has 1 aliphatic heterocycles. The van der Waals surface area contributed by atoms with E-state index in [2.05, 4.69) is 0 Å². The summed E-state index contributed by atoms with van der Waals surface area (Å²) in [7, 11) is 1.48. The number of nitrogens with zero attached hydrogens (tertiary/aromatic N) is 1. The number of fused-ring (bicyclic) bond motifs is 1. The van der Waals surface area contributed by atoms with Gasteiger partial charge in [0, 0.05) is 13.2 Å². The Morgan fingerprint density at radius 2 is 2.00 bits per heavy atom. The van der Waals surface area contributed by atoms with Crippen molar-refractivity contribution in [3.05, 3.63) is 0 Å². The zero-order chi connectivity index (χ0) is 13.3. The second-order valence-electron chi connectivity index (χ2n) is 5.33. The molecule has 0 aromatic heterocycles. The molecule has 1 heterocycles. The van der Waals surface area contributed by atoms with E-state index in [1.165, 1.54) is 7.11 Å². The monoisotopic (exact) mass is 255 g/mol. The third kappa shape index (κ3) is 2.23. The molecule has 0 radical (unpaired) electrons. The van der Waals surface area contributed by atoms with Crippen LogP contribution in [0.3, 0.4) is 0 Å². The lowest BCUT2D eigenvalue weighted by Gasteiger charge is -2.34. The van der Waals surface area contributed by atoms with Crippen LogP contribution in [0.5, 0.6) is 0 Å². The normalized spacial score (nSPS) is 33.0. The molecule has 18 heavy (non-hydrogen) atoms. The molecule has 5 nitrogen and oxygen atoms in total. The van der Waals surface area contributed by atoms with Crippen LogP contribution in [0, 0.1) is 5.92 Å². The summed E-state index contributed by atoms with van der Waals surface area (Å²) in [5.74, 6) is -0.715. The van der Waals surface area contributed by atoms with Crippen molar-refractivity contribution in [3.63, 3.8) is 0 Å². The summed E-state index contributed by atoms with van der Waals surface area (Å²) >= 11 is 0. The summed E-state index contributed by atoms with van der Waals surface area (Å²) < 4.78 is 5.05. The lowest BCUT2D eigenvalue weighted by Crippen LogP contribution is -2.50. The molecule has 0 aromatic rings. The van der Waals surface area contributed by atoms with E-state index < -0.39 is 18.1 Å². The van der Waals surface area contributed by atoms with Gasteiger partial charge in [0.1, 0.15) is 12.1 Å². The number of hydrogen-bond acceptors (Lipinski definition) is 3. The first-order chi connectivity index (χ1) is 8.56. The molecule has 1 saturated carbocycles. The van der Waals surface area contributed by atoms with Crippen molar-refractivity contribution in [2.75, 3.05) is 7.11 Å². The van der Waals surface area contributed by atoms with Crippen molar-refractivity contribution in [3.8, 4) is 0 Å². The van der Waals surface area contributed by atoms with Gasteiger partial charge in [0.2, 0.25) is 0 Å². The number of ether oxygens (including phenoxy) is 1. The minimum absolute atomic E-state index is 0.102. The Balaban J connectivity index is 2.21. The zero-order valence-electron chi connectivity index (χ0n) is 11.0. The van der Waals surface area contributed by atoms with Gasteiger partial charge >= 0.3 is 5.97 Å². The van der Waals surface area contributed by atoms with Gasteiger partial charge in [0.05, 0.1) is 0 Å². The lowest BCUT2D eigenvalue weighted by molar-refractivity contribution is -0.154. The maximum absolute atomic E-state index is 12.3. The Hall–Kier alpha value is -1.10. The molecule has 102 valence electrons. The third-order valence-electron chi connectivity index (χ3n) is 4.33. The van der Waals surface area contributed by atoms with Gasteiger partial charge in [0.25, 0.3) is 5.91 Å². The first-order valence-electron chi connectivity index (χ1n) is 6.64. The number of rotatable bonds is 3. The van der Waals surface area contributed by atoms with Crippen LogP contribution >= 0.6 is 0 Å². The first kappa shape index (κ1) is 13.3. The first-order valence-corrected chi connectivity index (χ1v) is 6.64. The van der Waals surface area contributed by atoms with Crippen LogP contribution in [-0.2, 0) is 14.3 Å². The molecule has 0 bridgehead atoms. The van der Waals surface area contributed by atoms with E-state index in [1.807, 2.05) is 0 Å². The van der Waals surface area contributed by atoms with Crippen LogP contribution in [0.15, 0.2) is 0 Å². The van der Waals surface area contributed by atoms with Gasteiger partial charge in [-0.05, 0) is 32.1 Å². The van der Waals surface area contributed by atoms with Crippen LogP contribution in [0.4, 0.5) is 0 Å². The maximum atomic E-state index is 12.3. The minimum atomic E-state index is -0.888. The topological polar surface area (TPSA) is 66.8 Å². The van der Waals surface area contributed by atoms with Gasteiger partial charge in [-0.2, -0.15) is 0 Å². The number of carbonyl (C=O) groups is 2. The van der Waals surface area contributed by atoms with E-state index in [9.17, 15) is 14.7 Å². The molecule has 1 aliphatic carbocycles. The highest BCUT2D eigenvalue weighted by Crippen LogP contribution is 2.40. The zero-order valence-corrected chi connectivity index (χ0v) is 11.0. The summed E-state index contributed by atoms with van der Waals surface area (Å²) in [5.41, 5.74) is 0. The largest absolute Gasteiger partial charge is 0.480 e. The number of aliphatic carboxylic acids is 1. The maximum Gasteiger partial charge on any atom is 0.326 e. The van der Waals surface area contributed by atoms with E-state index in [0.717, 1.165) is 25.7 Å². The number of hydrogen-bond donors (Lipinski definition) is 1. The summed E-state index contributed by atoms with van der Waals surface area (Å²) in [5, 5.41) is 9.30. The molecule has 0 aromatic carbocycles. The predicted octanol–water partition coefficient (Wildman–Crippen LogP) is 1.27. The van der Waals surface area contributed by atoms with Crippen LogP contribution in [0.1, 0.15) is 39.0 Å². The Kier molecular flexibility index (Phi) is 3.90. The van der Waals surface area contributed by atoms with Crippen molar-refractivity contribution in [2.45, 2.75) is 57.2 Å². The molecule has 0 spiro atoms. The smallest absolute Gasteiger partial charge is 0.326 e. The highest BCUT2D eigenvalue weighted by atomic mass is 16.5. The Morgan fingerprint density at radius 3 is 2.61 bits per heavy atom. The molecule has 5 heteroatoms. The minimum Gasteiger partial charge on any atom is -0.480 e. The second kappa shape index (κ2) is 5.26. The fourth-order valence-corrected chi connectivity index (χ4v) is 3.31. The molecule has 2 rings (SSSR count). The number of likely N-dealkylation sites (tertiary alicyclic amines) is 1. The molecular formula is C13H21NO4. The molecular weight excluding hydrogens is 234 g/mol. The second-order valence-corrected chi connectivity index (χ2v) is 5.33. The summed E-state index contributed by atoms with van der Waals surface area (Å²) in [6.45, 7) is 1.68. The van der Waals surface area contributed by atoms with E-state index in [-0.39, 0.29) is 11.9 Å². The van der Waals surface area contributed by atoms with E-state index in [0.29, 0.717) is 12.3 Å². The Labute approximate surface area is 107 Å². The van der Waals surface area contributed by atoms with Crippen LogP contribution in [0.2, 0.25) is 0 Å². The van der Waals surface area contributed by atoms with Crippen LogP contribution in [-0.4, -0.2) is 47.2 Å². The van der Waals surface area contributed by atoms with Crippen molar-refractivity contribution in [2.24, 2.45) is 5.92 Å². The fraction of sp³-hybridized carbons (Fsp3) is 0.846. The van der Waals surface area contributed by atoms with Crippen LogP contribution in [0.25, 0.3) is 0 Å². The van der Waals surface area contributed by atoms with Crippen LogP contribution < -0.4 is 0 Å². The number of amides is 1. The standard InChI is InChI=1S/C13H21NO4/c1-8(18-2)12(15)14-10-6-4-3-5-9(10)7-11(14)13(16)17/h8-11H,3-7H2,1-2H3,(H,16,17)/t8-,9-,10+,11+/m1/s1. The average molecular weight is 255 g/mol. The van der Waals surface area contributed by atoms with E-state index in [4.69, 9.17) is 4.74 Å². The van der Waals surface area contributed by atoms with Gasteiger partial charge in [-0.25, -0.2) is 4.79 Å². The lowest BCUT2D eigenvalue weighted by atomic mass is 9.84. The van der Waals surface area contributed by atoms with Gasteiger partial charge in [-0.15, -0.1) is 0 Å². The predicted molar refractivity (Wildman–Crippen MR) is 65.1 cm³/mol. The molecule has 1 saturated heterocycles. The summed E-state index contributed by atoms with van der Waals surface area (Å²) in [6.07, 6.45) is 4.24. The summed E-state index contributed by atoms with van der Waals surface area (Å²) in [4.78, 5) is 25.2. The molecule has 1 N–H and O–H groups in total. The van der Waals surface area contributed by atoms with E-state index in [1.54, 1.807) is 11.8 Å². The van der Waals surface area contributed by atoms with Crippen molar-refractivity contribution in [1.29, 1.82) is 0 Å². The number of methoxy groups -OCH3 is 1. The molecule has 2 fully saturated rings. The highest BCUT2D eigenvalue weighted by Gasteiger charge is 2.48. The van der Waals surface area contributed by atoms with E-state index >= 15 is 0 Å². The van der Waals surface area contributed by atoms with Crippen molar-refractivity contribution < 1.29 is 19.4 Å². The quantitative estimate of drug-likeness (QED) is 0.824. The SMILES string of the molecule is CO[C@H](C)C(=O)N1[C@H](C(=O)O)C[C@H]2CCCC[C@@H]21. The Bertz CT molecular complexity index is 344. The van der Waals surface area contributed by atoms with Gasteiger partial charge in [-0.3, -0.25) is 4.79 Å². The van der Waals surface area contributed by atoms with Gasteiger partial charge in [0.15, 0.2) is 0 Å². The van der Waals surface area contributed by atoms with Crippen molar-refractivity contribution >= 4 is 11.9 Å². The molecule has 0 unspecified atom stereocenters. The molecule has 4 atom stereocenters.